The van der Waals surface area contributed by atoms with Crippen molar-refractivity contribution in [2.75, 3.05) is 0 Å². The zero-order chi connectivity index (χ0) is 14.2. The zero-order valence-electron chi connectivity index (χ0n) is 12.8. The molecule has 2 saturated carbocycles. The van der Waals surface area contributed by atoms with Crippen LogP contribution in [0.4, 0.5) is 0 Å². The standard InChI is InChI=1S/C17H28O2/c1-5-14(16(18)19)13-9-8-12-7-6-11(2)17(3,4)15(12)10-13/h11-12,15H,5-10H2,1-4H3,(H,18,19)/t11-,12?,15+/m0/s1. The summed E-state index contributed by atoms with van der Waals surface area (Å²) in [4.78, 5) is 11.4. The SMILES string of the molecule is CCC(C(=O)O)=C1CCC2CC[C@H](C)C(C)(C)[C@@H]2C1. The Kier molecular flexibility index (Phi) is 4.08. The molecule has 0 aromatic heterocycles. The lowest BCUT2D eigenvalue weighted by Gasteiger charge is -2.51. The minimum atomic E-state index is -0.697. The molecule has 108 valence electrons. The molecule has 0 spiro atoms. The van der Waals surface area contributed by atoms with Gasteiger partial charge in [-0.3, -0.25) is 0 Å². The third kappa shape index (κ3) is 2.59. The maximum atomic E-state index is 11.4. The molecule has 1 unspecified atom stereocenters. The van der Waals surface area contributed by atoms with Crippen molar-refractivity contribution in [2.45, 2.75) is 66.2 Å². The number of carbonyl (C=O) groups is 1. The Bertz CT molecular complexity index is 392. The predicted octanol–water partition coefficient (Wildman–Crippen LogP) is 4.65. The Balaban J connectivity index is 2.27. The summed E-state index contributed by atoms with van der Waals surface area (Å²) in [7, 11) is 0. The molecule has 1 N–H and O–H groups in total. The Morgan fingerprint density at radius 2 is 2.00 bits per heavy atom. The van der Waals surface area contributed by atoms with Gasteiger partial charge < -0.3 is 5.11 Å². The van der Waals surface area contributed by atoms with Crippen LogP contribution in [0.25, 0.3) is 0 Å². The second-order valence-electron chi connectivity index (χ2n) is 7.15. The van der Waals surface area contributed by atoms with Crippen molar-refractivity contribution in [1.29, 1.82) is 0 Å². The third-order valence-corrected chi connectivity index (χ3v) is 6.09. The van der Waals surface area contributed by atoms with Crippen LogP contribution in [0, 0.1) is 23.2 Å². The van der Waals surface area contributed by atoms with Crippen molar-refractivity contribution in [3.8, 4) is 0 Å². The van der Waals surface area contributed by atoms with Gasteiger partial charge >= 0.3 is 5.97 Å². The first kappa shape index (κ1) is 14.6. The minimum Gasteiger partial charge on any atom is -0.478 e. The lowest BCUT2D eigenvalue weighted by Crippen LogP contribution is -2.42. The number of carboxylic acids is 1. The van der Waals surface area contributed by atoms with Crippen molar-refractivity contribution in [3.63, 3.8) is 0 Å². The van der Waals surface area contributed by atoms with E-state index in [0.717, 1.165) is 24.7 Å². The molecule has 2 aliphatic carbocycles. The van der Waals surface area contributed by atoms with Crippen LogP contribution >= 0.6 is 0 Å². The Hall–Kier alpha value is -0.790. The largest absolute Gasteiger partial charge is 0.478 e. The van der Waals surface area contributed by atoms with E-state index in [1.165, 1.54) is 24.8 Å². The van der Waals surface area contributed by atoms with E-state index in [2.05, 4.69) is 20.8 Å². The van der Waals surface area contributed by atoms with E-state index < -0.39 is 5.97 Å². The van der Waals surface area contributed by atoms with Crippen molar-refractivity contribution in [3.05, 3.63) is 11.1 Å². The Morgan fingerprint density at radius 1 is 1.32 bits per heavy atom. The molecule has 2 heteroatoms. The number of hydrogen-bond acceptors (Lipinski definition) is 1. The number of rotatable bonds is 2. The van der Waals surface area contributed by atoms with Gasteiger partial charge in [-0.1, -0.05) is 33.3 Å². The fraction of sp³-hybridized carbons (Fsp3) is 0.824. The molecular formula is C17H28O2. The van der Waals surface area contributed by atoms with Crippen LogP contribution < -0.4 is 0 Å². The van der Waals surface area contributed by atoms with Crippen LogP contribution in [0.2, 0.25) is 0 Å². The molecule has 0 heterocycles. The molecule has 2 nitrogen and oxygen atoms in total. The monoisotopic (exact) mass is 264 g/mol. The van der Waals surface area contributed by atoms with Crippen molar-refractivity contribution in [1.82, 2.24) is 0 Å². The first-order valence-corrected chi connectivity index (χ1v) is 7.82. The first-order chi connectivity index (χ1) is 8.87. The second kappa shape index (κ2) is 5.30. The van der Waals surface area contributed by atoms with Gasteiger partial charge in [0.2, 0.25) is 0 Å². The fourth-order valence-corrected chi connectivity index (χ4v) is 4.34. The summed E-state index contributed by atoms with van der Waals surface area (Å²) in [6, 6.07) is 0. The summed E-state index contributed by atoms with van der Waals surface area (Å²) in [5, 5.41) is 9.35. The fourth-order valence-electron chi connectivity index (χ4n) is 4.34. The highest BCUT2D eigenvalue weighted by molar-refractivity contribution is 5.87. The van der Waals surface area contributed by atoms with Gasteiger partial charge in [0.05, 0.1) is 0 Å². The normalized spacial score (nSPS) is 36.5. The van der Waals surface area contributed by atoms with Crippen molar-refractivity contribution < 1.29 is 9.90 Å². The zero-order valence-corrected chi connectivity index (χ0v) is 12.8. The van der Waals surface area contributed by atoms with Gasteiger partial charge in [0.15, 0.2) is 0 Å². The van der Waals surface area contributed by atoms with Gasteiger partial charge in [0.25, 0.3) is 0 Å². The first-order valence-electron chi connectivity index (χ1n) is 7.82. The lowest BCUT2D eigenvalue weighted by atomic mass is 9.54. The van der Waals surface area contributed by atoms with Gasteiger partial charge in [-0.25, -0.2) is 4.79 Å². The molecule has 0 aromatic carbocycles. The molecule has 3 atom stereocenters. The Labute approximate surface area is 117 Å². The van der Waals surface area contributed by atoms with Crippen LogP contribution in [0.15, 0.2) is 11.1 Å². The molecule has 0 aromatic rings. The predicted molar refractivity (Wildman–Crippen MR) is 78.0 cm³/mol. The molecule has 2 fully saturated rings. The van der Waals surface area contributed by atoms with Crippen LogP contribution in [-0.4, -0.2) is 11.1 Å². The second-order valence-corrected chi connectivity index (χ2v) is 7.15. The van der Waals surface area contributed by atoms with E-state index in [9.17, 15) is 9.90 Å². The average Bonchev–Trinajstić information content (AvgIpc) is 2.35. The van der Waals surface area contributed by atoms with E-state index >= 15 is 0 Å². The highest BCUT2D eigenvalue weighted by Gasteiger charge is 2.45. The number of aliphatic carboxylic acids is 1. The smallest absolute Gasteiger partial charge is 0.331 e. The van der Waals surface area contributed by atoms with E-state index in [0.29, 0.717) is 23.3 Å². The molecule has 0 aliphatic heterocycles. The van der Waals surface area contributed by atoms with Crippen molar-refractivity contribution in [2.24, 2.45) is 23.2 Å². The van der Waals surface area contributed by atoms with Gasteiger partial charge in [0, 0.05) is 5.57 Å². The Morgan fingerprint density at radius 3 is 2.58 bits per heavy atom. The summed E-state index contributed by atoms with van der Waals surface area (Å²) >= 11 is 0. The van der Waals surface area contributed by atoms with Crippen molar-refractivity contribution >= 4 is 5.97 Å². The molecule has 19 heavy (non-hydrogen) atoms. The van der Waals surface area contributed by atoms with Gasteiger partial charge in [-0.2, -0.15) is 0 Å². The highest BCUT2D eigenvalue weighted by Crippen LogP contribution is 2.54. The minimum absolute atomic E-state index is 0.353. The van der Waals surface area contributed by atoms with Crippen LogP contribution in [0.5, 0.6) is 0 Å². The highest BCUT2D eigenvalue weighted by atomic mass is 16.4. The molecule has 0 amide bonds. The van der Waals surface area contributed by atoms with Crippen LogP contribution in [0.3, 0.4) is 0 Å². The maximum absolute atomic E-state index is 11.4. The molecule has 2 aliphatic rings. The number of hydrogen-bond donors (Lipinski definition) is 1. The van der Waals surface area contributed by atoms with Crippen LogP contribution in [-0.2, 0) is 4.79 Å². The number of fused-ring (bicyclic) bond motifs is 1. The topological polar surface area (TPSA) is 37.3 Å². The quantitative estimate of drug-likeness (QED) is 0.737. The van der Waals surface area contributed by atoms with E-state index in [1.54, 1.807) is 0 Å². The van der Waals surface area contributed by atoms with E-state index in [1.807, 2.05) is 6.92 Å². The van der Waals surface area contributed by atoms with Gasteiger partial charge in [-0.05, 0) is 61.7 Å². The maximum Gasteiger partial charge on any atom is 0.331 e. The summed E-state index contributed by atoms with van der Waals surface area (Å²) in [6.45, 7) is 9.12. The summed E-state index contributed by atoms with van der Waals surface area (Å²) in [5.74, 6) is 1.56. The molecule has 0 bridgehead atoms. The summed E-state index contributed by atoms with van der Waals surface area (Å²) in [5.41, 5.74) is 2.28. The molecule has 0 radical (unpaired) electrons. The summed E-state index contributed by atoms with van der Waals surface area (Å²) in [6.07, 6.45) is 6.59. The van der Waals surface area contributed by atoms with E-state index in [4.69, 9.17) is 0 Å². The number of carboxylic acid groups (broad SMARTS) is 1. The molecule has 2 rings (SSSR count). The molecule has 0 saturated heterocycles. The molecular weight excluding hydrogens is 236 g/mol. The van der Waals surface area contributed by atoms with Gasteiger partial charge in [-0.15, -0.1) is 0 Å². The van der Waals surface area contributed by atoms with Crippen LogP contribution in [0.1, 0.15) is 66.2 Å². The average molecular weight is 264 g/mol. The number of allylic oxidation sites excluding steroid dienone is 1. The summed E-state index contributed by atoms with van der Waals surface area (Å²) < 4.78 is 0. The van der Waals surface area contributed by atoms with E-state index in [-0.39, 0.29) is 0 Å². The lowest BCUT2D eigenvalue weighted by molar-refractivity contribution is -0.132. The third-order valence-electron chi connectivity index (χ3n) is 6.09. The van der Waals surface area contributed by atoms with Gasteiger partial charge in [0.1, 0.15) is 0 Å².